The first-order valence-electron chi connectivity index (χ1n) is 7.04. The highest BCUT2D eigenvalue weighted by Crippen LogP contribution is 2.25. The number of anilines is 2. The normalized spacial score (nSPS) is 19.4. The molecule has 1 unspecified atom stereocenters. The lowest BCUT2D eigenvalue weighted by Crippen LogP contribution is -2.24. The summed E-state index contributed by atoms with van der Waals surface area (Å²) in [4.78, 5) is 14.3. The molecule has 1 N–H and O–H groups in total. The monoisotopic (exact) mass is 346 g/mol. The molecule has 0 radical (unpaired) electrons. The van der Waals surface area contributed by atoms with Crippen LogP contribution < -0.4 is 10.2 Å². The summed E-state index contributed by atoms with van der Waals surface area (Å²) in [5.41, 5.74) is 2.64. The summed E-state index contributed by atoms with van der Waals surface area (Å²) in [6.45, 7) is 1.98. The molecule has 0 spiro atoms. The maximum atomic E-state index is 12.5. The van der Waals surface area contributed by atoms with E-state index >= 15 is 0 Å². The Hall–Kier alpha value is -2.11. The number of benzene rings is 2. The average Bonchev–Trinajstić information content (AvgIpc) is 2.82. The summed E-state index contributed by atoms with van der Waals surface area (Å²) < 4.78 is 12.2. The smallest absolute Gasteiger partial charge is 0.269 e. The zero-order chi connectivity index (χ0) is 16.4. The van der Waals surface area contributed by atoms with E-state index in [-0.39, 0.29) is 16.7 Å². The zero-order valence-corrected chi connectivity index (χ0v) is 14.0. The van der Waals surface area contributed by atoms with E-state index in [1.807, 2.05) is 31.2 Å². The van der Waals surface area contributed by atoms with Gasteiger partial charge in [0, 0.05) is 22.6 Å². The van der Waals surface area contributed by atoms with Crippen molar-refractivity contribution in [2.75, 3.05) is 16.1 Å². The summed E-state index contributed by atoms with van der Waals surface area (Å²) in [5.74, 6) is -0.0654. The number of carbonyl (C=O) groups excluding carboxylic acids is 1. The lowest BCUT2D eigenvalue weighted by atomic mass is 10.2. The van der Waals surface area contributed by atoms with Crippen LogP contribution in [-0.2, 0) is 15.6 Å². The summed E-state index contributed by atoms with van der Waals surface area (Å²) in [6, 6.07) is 14.7. The van der Waals surface area contributed by atoms with Crippen molar-refractivity contribution < 1.29 is 9.00 Å². The number of nitrogens with one attached hydrogen (secondary N) is 1. The fourth-order valence-electron chi connectivity index (χ4n) is 2.21. The van der Waals surface area contributed by atoms with Gasteiger partial charge in [-0.15, -0.1) is 0 Å². The van der Waals surface area contributed by atoms with Crippen LogP contribution in [0.25, 0.3) is 0 Å². The first-order valence-corrected chi connectivity index (χ1v) is 8.73. The summed E-state index contributed by atoms with van der Waals surface area (Å²) in [7, 11) is -1.36. The molecule has 1 fully saturated rings. The number of hydrogen-bond acceptors (Lipinski definition) is 3. The maximum absolute atomic E-state index is 12.5. The molecule has 1 atom stereocenters. The molecule has 0 bridgehead atoms. The predicted octanol–water partition coefficient (Wildman–Crippen LogP) is 3.65. The van der Waals surface area contributed by atoms with E-state index in [0.29, 0.717) is 5.02 Å². The molecular weight excluding hydrogens is 332 g/mol. The van der Waals surface area contributed by atoms with Crippen molar-refractivity contribution in [3.63, 3.8) is 0 Å². The highest BCUT2D eigenvalue weighted by molar-refractivity contribution is 7.90. The standard InChI is InChI=1S/C17H15ClN2O2S/c1-12-2-8-15(9-3-12)20-11-23(22)16(17(20)21)10-19-14-6-4-13(18)5-7-14/h2-10,19H,11H2,1H3/b16-10+. The Labute approximate surface area is 142 Å². The van der Waals surface area contributed by atoms with Gasteiger partial charge in [0.25, 0.3) is 5.91 Å². The summed E-state index contributed by atoms with van der Waals surface area (Å²) in [5, 5.41) is 3.63. The molecule has 0 aromatic heterocycles. The Bertz CT molecular complexity index is 785. The highest BCUT2D eigenvalue weighted by atomic mass is 35.5. The molecule has 6 heteroatoms. The number of hydrogen-bond donors (Lipinski definition) is 1. The second-order valence-corrected chi connectivity index (χ2v) is 7.03. The molecule has 1 aliphatic rings. The lowest BCUT2D eigenvalue weighted by Gasteiger charge is -2.13. The summed E-state index contributed by atoms with van der Waals surface area (Å²) >= 11 is 5.83. The molecule has 2 aromatic rings. The van der Waals surface area contributed by atoms with E-state index in [1.165, 1.54) is 11.1 Å². The van der Waals surface area contributed by atoms with Crippen LogP contribution in [0.4, 0.5) is 11.4 Å². The van der Waals surface area contributed by atoms with Crippen LogP contribution in [0, 0.1) is 6.92 Å². The Morgan fingerprint density at radius 1 is 1.13 bits per heavy atom. The molecule has 4 nitrogen and oxygen atoms in total. The van der Waals surface area contributed by atoms with Crippen molar-refractivity contribution in [2.45, 2.75) is 6.92 Å². The Morgan fingerprint density at radius 3 is 2.43 bits per heavy atom. The van der Waals surface area contributed by atoms with Crippen molar-refractivity contribution in [3.8, 4) is 0 Å². The van der Waals surface area contributed by atoms with Gasteiger partial charge in [0.15, 0.2) is 0 Å². The minimum atomic E-state index is -1.36. The number of amides is 1. The lowest BCUT2D eigenvalue weighted by molar-refractivity contribution is -0.114. The Balaban J connectivity index is 1.79. The van der Waals surface area contributed by atoms with Crippen molar-refractivity contribution in [1.82, 2.24) is 0 Å². The van der Waals surface area contributed by atoms with Crippen LogP contribution in [0.3, 0.4) is 0 Å². The van der Waals surface area contributed by atoms with Crippen LogP contribution in [0.2, 0.25) is 5.02 Å². The van der Waals surface area contributed by atoms with Crippen molar-refractivity contribution in [2.24, 2.45) is 0 Å². The van der Waals surface area contributed by atoms with Crippen LogP contribution in [0.1, 0.15) is 5.56 Å². The van der Waals surface area contributed by atoms with Gasteiger partial charge in [-0.3, -0.25) is 13.9 Å². The summed E-state index contributed by atoms with van der Waals surface area (Å²) in [6.07, 6.45) is 1.51. The van der Waals surface area contributed by atoms with Gasteiger partial charge >= 0.3 is 0 Å². The fourth-order valence-corrected chi connectivity index (χ4v) is 3.48. The minimum Gasteiger partial charge on any atom is -0.360 e. The van der Waals surface area contributed by atoms with Crippen LogP contribution in [0.15, 0.2) is 59.6 Å². The number of carbonyl (C=O) groups is 1. The van der Waals surface area contributed by atoms with Gasteiger partial charge in [-0.2, -0.15) is 0 Å². The van der Waals surface area contributed by atoms with Crippen molar-refractivity contribution in [1.29, 1.82) is 0 Å². The van der Waals surface area contributed by atoms with Crippen molar-refractivity contribution >= 4 is 39.7 Å². The van der Waals surface area contributed by atoms with E-state index in [1.54, 1.807) is 24.3 Å². The Morgan fingerprint density at radius 2 is 1.78 bits per heavy atom. The van der Waals surface area contributed by atoms with Gasteiger partial charge in [0.1, 0.15) is 10.8 Å². The van der Waals surface area contributed by atoms with E-state index in [4.69, 9.17) is 11.6 Å². The molecule has 0 aliphatic carbocycles. The number of halogens is 1. The third kappa shape index (κ3) is 3.46. The third-order valence-electron chi connectivity index (χ3n) is 3.51. The molecule has 0 saturated carbocycles. The molecule has 1 heterocycles. The van der Waals surface area contributed by atoms with Gasteiger partial charge < -0.3 is 5.32 Å². The molecule has 23 heavy (non-hydrogen) atoms. The quantitative estimate of drug-likeness (QED) is 0.863. The molecule has 3 rings (SSSR count). The van der Waals surface area contributed by atoms with Gasteiger partial charge in [-0.1, -0.05) is 29.3 Å². The topological polar surface area (TPSA) is 49.4 Å². The molecule has 2 aromatic carbocycles. The second-order valence-electron chi connectivity index (χ2n) is 5.20. The first kappa shape index (κ1) is 15.8. The van der Waals surface area contributed by atoms with Gasteiger partial charge in [0.2, 0.25) is 0 Å². The van der Waals surface area contributed by atoms with Crippen LogP contribution >= 0.6 is 11.6 Å². The fraction of sp³-hybridized carbons (Fsp3) is 0.118. The zero-order valence-electron chi connectivity index (χ0n) is 12.5. The SMILES string of the molecule is Cc1ccc(N2CS(=O)/C(=C/Nc3ccc(Cl)cc3)C2=O)cc1. The number of rotatable bonds is 3. The highest BCUT2D eigenvalue weighted by Gasteiger charge is 2.33. The molecule has 1 aliphatic heterocycles. The predicted molar refractivity (Wildman–Crippen MR) is 94.8 cm³/mol. The maximum Gasteiger partial charge on any atom is 0.269 e. The largest absolute Gasteiger partial charge is 0.360 e. The van der Waals surface area contributed by atoms with E-state index < -0.39 is 10.8 Å². The van der Waals surface area contributed by atoms with Crippen LogP contribution in [-0.4, -0.2) is 16.0 Å². The van der Waals surface area contributed by atoms with E-state index in [2.05, 4.69) is 5.32 Å². The Kier molecular flexibility index (Phi) is 4.50. The molecular formula is C17H15ClN2O2S. The van der Waals surface area contributed by atoms with Gasteiger partial charge in [0.05, 0.1) is 10.8 Å². The van der Waals surface area contributed by atoms with Gasteiger partial charge in [-0.05, 0) is 43.3 Å². The third-order valence-corrected chi connectivity index (χ3v) is 5.04. The van der Waals surface area contributed by atoms with E-state index in [0.717, 1.165) is 16.9 Å². The van der Waals surface area contributed by atoms with Crippen LogP contribution in [0.5, 0.6) is 0 Å². The molecule has 1 saturated heterocycles. The second kappa shape index (κ2) is 6.56. The van der Waals surface area contributed by atoms with E-state index in [9.17, 15) is 9.00 Å². The minimum absolute atomic E-state index is 0.177. The molecule has 1 amide bonds. The first-order chi connectivity index (χ1) is 11.0. The number of nitrogens with zero attached hydrogens (tertiary/aromatic N) is 1. The molecule has 118 valence electrons. The average molecular weight is 347 g/mol. The number of aryl methyl sites for hydroxylation is 1. The van der Waals surface area contributed by atoms with Crippen molar-refractivity contribution in [3.05, 3.63) is 70.2 Å². The van der Waals surface area contributed by atoms with Gasteiger partial charge in [-0.25, -0.2) is 0 Å².